The maximum absolute atomic E-state index is 11.7. The van der Waals surface area contributed by atoms with E-state index in [2.05, 4.69) is 20.8 Å². The van der Waals surface area contributed by atoms with Gasteiger partial charge in [0.25, 0.3) is 0 Å². The average Bonchev–Trinajstić information content (AvgIpc) is 2.11. The summed E-state index contributed by atoms with van der Waals surface area (Å²) < 4.78 is 0. The Morgan fingerprint density at radius 3 is 2.46 bits per heavy atom. The molecule has 0 spiro atoms. The van der Waals surface area contributed by atoms with Crippen LogP contribution in [0.25, 0.3) is 0 Å². The molecule has 0 N–H and O–H groups in total. The lowest BCUT2D eigenvalue weighted by molar-refractivity contribution is -0.128. The van der Waals surface area contributed by atoms with Gasteiger partial charge in [0, 0.05) is 11.8 Å². The normalized spacial score (nSPS) is 29.2. The molecular formula is C12H20O. The van der Waals surface area contributed by atoms with Crippen LogP contribution in [0.2, 0.25) is 0 Å². The van der Waals surface area contributed by atoms with E-state index in [9.17, 15) is 4.79 Å². The van der Waals surface area contributed by atoms with Gasteiger partial charge in [-0.15, -0.1) is 0 Å². The second-order valence-corrected chi connectivity index (χ2v) is 4.57. The Morgan fingerprint density at radius 1 is 1.38 bits per heavy atom. The van der Waals surface area contributed by atoms with Gasteiger partial charge >= 0.3 is 0 Å². The highest BCUT2D eigenvalue weighted by Crippen LogP contribution is 2.40. The van der Waals surface area contributed by atoms with E-state index >= 15 is 0 Å². The number of carbonyl (C=O) groups excluding carboxylic acids is 1. The van der Waals surface area contributed by atoms with Crippen molar-refractivity contribution < 1.29 is 4.79 Å². The predicted molar refractivity (Wildman–Crippen MR) is 55.6 cm³/mol. The van der Waals surface area contributed by atoms with Crippen molar-refractivity contribution in [2.45, 2.75) is 53.4 Å². The van der Waals surface area contributed by atoms with Crippen molar-refractivity contribution in [3.05, 3.63) is 11.1 Å². The second kappa shape index (κ2) is 3.65. The molecule has 0 fully saturated rings. The first-order valence-corrected chi connectivity index (χ1v) is 5.18. The lowest BCUT2D eigenvalue weighted by Gasteiger charge is -2.33. The first kappa shape index (κ1) is 10.5. The van der Waals surface area contributed by atoms with Gasteiger partial charge in [0.15, 0.2) is 0 Å². The van der Waals surface area contributed by atoms with E-state index in [1.165, 1.54) is 11.1 Å². The Bertz CT molecular complexity index is 250. The summed E-state index contributed by atoms with van der Waals surface area (Å²) in [7, 11) is 0. The van der Waals surface area contributed by atoms with Crippen molar-refractivity contribution in [2.24, 2.45) is 5.41 Å². The quantitative estimate of drug-likeness (QED) is 0.594. The van der Waals surface area contributed by atoms with E-state index in [0.717, 1.165) is 19.3 Å². The molecule has 74 valence electrons. The van der Waals surface area contributed by atoms with Crippen LogP contribution in [0.3, 0.4) is 0 Å². The molecule has 0 heterocycles. The number of rotatable bonds is 2. The van der Waals surface area contributed by atoms with Crippen molar-refractivity contribution in [3.63, 3.8) is 0 Å². The average molecular weight is 180 g/mol. The highest BCUT2D eigenvalue weighted by molar-refractivity contribution is 5.84. The highest BCUT2D eigenvalue weighted by Gasteiger charge is 2.34. The molecule has 0 bridgehead atoms. The molecule has 0 saturated carbocycles. The molecule has 0 aliphatic heterocycles. The van der Waals surface area contributed by atoms with E-state index in [4.69, 9.17) is 0 Å². The van der Waals surface area contributed by atoms with Crippen LogP contribution in [0.1, 0.15) is 53.4 Å². The highest BCUT2D eigenvalue weighted by atomic mass is 16.1. The van der Waals surface area contributed by atoms with E-state index in [1.807, 2.05) is 6.92 Å². The van der Waals surface area contributed by atoms with Crippen LogP contribution in [-0.4, -0.2) is 5.78 Å². The number of allylic oxidation sites excluding steroid dienone is 2. The Labute approximate surface area is 81.2 Å². The summed E-state index contributed by atoms with van der Waals surface area (Å²) in [4.78, 5) is 11.7. The number of hydrogen-bond donors (Lipinski definition) is 0. The summed E-state index contributed by atoms with van der Waals surface area (Å²) >= 11 is 0. The first-order chi connectivity index (χ1) is 5.99. The molecule has 0 aromatic carbocycles. The molecule has 1 atom stereocenters. The SMILES string of the molecule is CCC(=O)[C@]1(C)CCC(C)=C(C)C1. The van der Waals surface area contributed by atoms with Gasteiger partial charge in [0.05, 0.1) is 0 Å². The summed E-state index contributed by atoms with van der Waals surface area (Å²) in [5, 5.41) is 0. The second-order valence-electron chi connectivity index (χ2n) is 4.57. The van der Waals surface area contributed by atoms with Crippen molar-refractivity contribution in [1.29, 1.82) is 0 Å². The lowest BCUT2D eigenvalue weighted by atomic mass is 9.70. The van der Waals surface area contributed by atoms with E-state index < -0.39 is 0 Å². The Morgan fingerprint density at radius 2 is 2.00 bits per heavy atom. The number of Topliss-reactive ketones (excluding diaryl/α,β-unsaturated/α-hetero) is 1. The molecule has 0 aromatic rings. The summed E-state index contributed by atoms with van der Waals surface area (Å²) in [6, 6.07) is 0. The van der Waals surface area contributed by atoms with Gasteiger partial charge in [0.2, 0.25) is 0 Å². The molecule has 1 aliphatic rings. The standard InChI is InChI=1S/C12H20O/c1-5-11(13)12(4)7-6-9(2)10(3)8-12/h5-8H2,1-4H3/t12-/m1/s1. The fourth-order valence-electron chi connectivity index (χ4n) is 2.17. The van der Waals surface area contributed by atoms with Crippen LogP contribution in [0, 0.1) is 5.41 Å². The molecule has 13 heavy (non-hydrogen) atoms. The molecular weight excluding hydrogens is 160 g/mol. The summed E-state index contributed by atoms with van der Waals surface area (Å²) in [5.74, 6) is 0.430. The maximum Gasteiger partial charge on any atom is 0.138 e. The van der Waals surface area contributed by atoms with Crippen LogP contribution in [0.4, 0.5) is 0 Å². The van der Waals surface area contributed by atoms with Gasteiger partial charge in [-0.3, -0.25) is 4.79 Å². The fraction of sp³-hybridized carbons (Fsp3) is 0.750. The zero-order valence-electron chi connectivity index (χ0n) is 9.24. The number of carbonyl (C=O) groups is 1. The van der Waals surface area contributed by atoms with Crippen LogP contribution in [-0.2, 0) is 4.79 Å². The Kier molecular flexibility index (Phi) is 2.94. The number of ketones is 1. The molecule has 0 aromatic heterocycles. The zero-order valence-corrected chi connectivity index (χ0v) is 9.24. The van der Waals surface area contributed by atoms with E-state index in [1.54, 1.807) is 0 Å². The van der Waals surface area contributed by atoms with Gasteiger partial charge in [-0.25, -0.2) is 0 Å². The van der Waals surface area contributed by atoms with Crippen LogP contribution < -0.4 is 0 Å². The minimum absolute atomic E-state index is 0.0572. The smallest absolute Gasteiger partial charge is 0.138 e. The van der Waals surface area contributed by atoms with Gasteiger partial charge in [0.1, 0.15) is 5.78 Å². The van der Waals surface area contributed by atoms with Crippen molar-refractivity contribution in [1.82, 2.24) is 0 Å². The molecule has 1 rings (SSSR count). The largest absolute Gasteiger partial charge is 0.299 e. The Hall–Kier alpha value is -0.590. The number of hydrogen-bond acceptors (Lipinski definition) is 1. The summed E-state index contributed by atoms with van der Waals surface area (Å²) in [6.07, 6.45) is 3.81. The molecule has 0 amide bonds. The lowest BCUT2D eigenvalue weighted by Crippen LogP contribution is -2.30. The minimum atomic E-state index is -0.0572. The third-order valence-electron chi connectivity index (χ3n) is 3.43. The third kappa shape index (κ3) is 2.01. The maximum atomic E-state index is 11.7. The molecule has 1 aliphatic carbocycles. The first-order valence-electron chi connectivity index (χ1n) is 5.18. The molecule has 0 saturated heterocycles. The van der Waals surface area contributed by atoms with Crippen LogP contribution >= 0.6 is 0 Å². The zero-order chi connectivity index (χ0) is 10.1. The Balaban J connectivity index is 2.81. The van der Waals surface area contributed by atoms with E-state index in [-0.39, 0.29) is 5.41 Å². The summed E-state index contributed by atoms with van der Waals surface area (Å²) in [5.41, 5.74) is 2.86. The monoisotopic (exact) mass is 180 g/mol. The minimum Gasteiger partial charge on any atom is -0.299 e. The van der Waals surface area contributed by atoms with Gasteiger partial charge < -0.3 is 0 Å². The van der Waals surface area contributed by atoms with E-state index in [0.29, 0.717) is 12.2 Å². The molecule has 0 radical (unpaired) electrons. The van der Waals surface area contributed by atoms with Gasteiger partial charge in [-0.1, -0.05) is 25.0 Å². The topological polar surface area (TPSA) is 17.1 Å². The van der Waals surface area contributed by atoms with Crippen molar-refractivity contribution in [2.75, 3.05) is 0 Å². The third-order valence-corrected chi connectivity index (χ3v) is 3.43. The molecule has 1 heteroatoms. The van der Waals surface area contributed by atoms with Crippen LogP contribution in [0.15, 0.2) is 11.1 Å². The van der Waals surface area contributed by atoms with Crippen molar-refractivity contribution in [3.8, 4) is 0 Å². The van der Waals surface area contributed by atoms with Gasteiger partial charge in [-0.2, -0.15) is 0 Å². The van der Waals surface area contributed by atoms with Gasteiger partial charge in [-0.05, 0) is 33.1 Å². The molecule has 1 nitrogen and oxygen atoms in total. The molecule has 0 unspecified atom stereocenters. The van der Waals surface area contributed by atoms with Crippen LogP contribution in [0.5, 0.6) is 0 Å². The summed E-state index contributed by atoms with van der Waals surface area (Å²) in [6.45, 7) is 8.43. The predicted octanol–water partition coefficient (Wildman–Crippen LogP) is 3.49. The van der Waals surface area contributed by atoms with Crippen molar-refractivity contribution >= 4 is 5.78 Å². The fourth-order valence-corrected chi connectivity index (χ4v) is 2.17.